The monoisotopic (exact) mass is 592 g/mol. The molecule has 0 unspecified atom stereocenters. The molecule has 0 fully saturated rings. The lowest BCUT2D eigenvalue weighted by Crippen LogP contribution is -2.16. The molecule has 40 heavy (non-hydrogen) atoms. The third-order valence-corrected chi connectivity index (χ3v) is 8.54. The second-order valence-corrected chi connectivity index (χ2v) is 11.8. The van der Waals surface area contributed by atoms with Gasteiger partial charge >= 0.3 is 0 Å². The molecule has 0 bridgehead atoms. The van der Waals surface area contributed by atoms with Crippen LogP contribution in [0.5, 0.6) is 0 Å². The van der Waals surface area contributed by atoms with Crippen molar-refractivity contribution in [3.63, 3.8) is 0 Å². The molecule has 0 saturated carbocycles. The first-order valence-corrected chi connectivity index (χ1v) is 14.4. The summed E-state index contributed by atoms with van der Waals surface area (Å²) in [4.78, 5) is 13.0. The van der Waals surface area contributed by atoms with E-state index in [1.165, 1.54) is 30.3 Å². The minimum Gasteiger partial charge on any atom is -0.321 e. The van der Waals surface area contributed by atoms with Gasteiger partial charge < -0.3 is 9.88 Å². The van der Waals surface area contributed by atoms with Crippen LogP contribution < -0.4 is 10.0 Å². The average molecular weight is 594 g/mol. The number of carbonyl (C=O) groups excluding carboxylic acids is 1. The van der Waals surface area contributed by atoms with Gasteiger partial charge in [-0.3, -0.25) is 9.52 Å². The Balaban J connectivity index is 1.54. The van der Waals surface area contributed by atoms with Gasteiger partial charge in [-0.15, -0.1) is 0 Å². The summed E-state index contributed by atoms with van der Waals surface area (Å²) in [6, 6.07) is 20.4. The fraction of sp³-hybridized carbons (Fsp3) is 0.133. The number of rotatable bonds is 7. The van der Waals surface area contributed by atoms with Crippen molar-refractivity contribution in [2.75, 3.05) is 10.0 Å². The number of sulfonamides is 1. The van der Waals surface area contributed by atoms with Crippen molar-refractivity contribution in [2.24, 2.45) is 0 Å². The SMILES string of the molecule is Cc1cccc(C)c1NS(=O)(=O)c1ccc(NC(=O)C(C#N)=Cc2cc(C)n(-c3ccc(Cl)c(Cl)c3)c2C)cc1. The summed E-state index contributed by atoms with van der Waals surface area (Å²) in [5, 5.41) is 13.2. The van der Waals surface area contributed by atoms with Gasteiger partial charge in [0.15, 0.2) is 0 Å². The van der Waals surface area contributed by atoms with E-state index in [4.69, 9.17) is 23.2 Å². The number of aromatic nitrogens is 1. The molecule has 7 nitrogen and oxygen atoms in total. The first kappa shape index (κ1) is 29.0. The van der Waals surface area contributed by atoms with Gasteiger partial charge in [0.25, 0.3) is 15.9 Å². The van der Waals surface area contributed by atoms with Crippen LogP contribution in [-0.2, 0) is 14.8 Å². The molecule has 10 heteroatoms. The molecule has 0 aliphatic heterocycles. The number of carbonyl (C=O) groups is 1. The van der Waals surface area contributed by atoms with Gasteiger partial charge in [-0.05, 0) is 99.0 Å². The van der Waals surface area contributed by atoms with E-state index < -0.39 is 15.9 Å². The van der Waals surface area contributed by atoms with Crippen LogP contribution in [0.25, 0.3) is 11.8 Å². The lowest BCUT2D eigenvalue weighted by atomic mass is 10.1. The average Bonchev–Trinajstić information content (AvgIpc) is 3.19. The van der Waals surface area contributed by atoms with Crippen LogP contribution in [0.4, 0.5) is 11.4 Å². The van der Waals surface area contributed by atoms with Crippen molar-refractivity contribution in [1.82, 2.24) is 4.57 Å². The summed E-state index contributed by atoms with van der Waals surface area (Å²) in [7, 11) is -3.84. The number of nitrogens with one attached hydrogen (secondary N) is 2. The Morgan fingerprint density at radius 3 is 2.17 bits per heavy atom. The van der Waals surface area contributed by atoms with E-state index in [0.29, 0.717) is 27.0 Å². The van der Waals surface area contributed by atoms with Crippen LogP contribution in [0.2, 0.25) is 10.0 Å². The van der Waals surface area contributed by atoms with Crippen molar-refractivity contribution in [3.05, 3.63) is 110 Å². The molecule has 1 aromatic heterocycles. The number of hydrogen-bond donors (Lipinski definition) is 2. The molecule has 0 aliphatic rings. The topological polar surface area (TPSA) is 104 Å². The molecule has 1 heterocycles. The molecule has 0 atom stereocenters. The van der Waals surface area contributed by atoms with Crippen LogP contribution in [0.1, 0.15) is 28.1 Å². The van der Waals surface area contributed by atoms with Crippen LogP contribution in [0.3, 0.4) is 0 Å². The predicted molar refractivity (Wildman–Crippen MR) is 161 cm³/mol. The fourth-order valence-electron chi connectivity index (χ4n) is 4.34. The third kappa shape index (κ3) is 6.07. The summed E-state index contributed by atoms with van der Waals surface area (Å²) in [6.45, 7) is 7.44. The van der Waals surface area contributed by atoms with Crippen molar-refractivity contribution < 1.29 is 13.2 Å². The largest absolute Gasteiger partial charge is 0.321 e. The summed E-state index contributed by atoms with van der Waals surface area (Å²) in [6.07, 6.45) is 1.51. The maximum atomic E-state index is 12.9. The number of aryl methyl sites for hydroxylation is 3. The number of anilines is 2. The van der Waals surface area contributed by atoms with Gasteiger partial charge in [0.05, 0.1) is 20.6 Å². The lowest BCUT2D eigenvalue weighted by molar-refractivity contribution is -0.112. The highest BCUT2D eigenvalue weighted by Crippen LogP contribution is 2.29. The second-order valence-electron chi connectivity index (χ2n) is 9.28. The standard InChI is InChI=1S/C30H26Cl2N4O3S/c1-18-6-5-7-19(2)29(18)35-40(38,39)26-11-8-24(9-12-26)34-30(37)23(17-33)15-22-14-20(3)36(21(22)4)25-10-13-27(31)28(32)16-25/h5-16,35H,1-4H3,(H,34,37). The second kappa shape index (κ2) is 11.6. The first-order chi connectivity index (χ1) is 18.9. The summed E-state index contributed by atoms with van der Waals surface area (Å²) in [5.41, 5.74) is 5.56. The van der Waals surface area contributed by atoms with Gasteiger partial charge in [0, 0.05) is 22.8 Å². The highest BCUT2D eigenvalue weighted by molar-refractivity contribution is 7.92. The number of halogens is 2. The van der Waals surface area contributed by atoms with Crippen LogP contribution in [0.15, 0.2) is 77.2 Å². The number of para-hydroxylation sites is 1. The fourth-order valence-corrected chi connectivity index (χ4v) is 5.84. The minimum atomic E-state index is -3.84. The van der Waals surface area contributed by atoms with Gasteiger partial charge in [-0.1, -0.05) is 41.4 Å². The van der Waals surface area contributed by atoms with E-state index in [1.54, 1.807) is 12.1 Å². The molecule has 0 saturated heterocycles. The van der Waals surface area contributed by atoms with E-state index in [9.17, 15) is 18.5 Å². The molecule has 1 amide bonds. The van der Waals surface area contributed by atoms with Gasteiger partial charge in [-0.2, -0.15) is 5.26 Å². The predicted octanol–water partition coefficient (Wildman–Crippen LogP) is 7.36. The van der Waals surface area contributed by atoms with Gasteiger partial charge in [-0.25, -0.2) is 8.42 Å². The molecule has 2 N–H and O–H groups in total. The summed E-state index contributed by atoms with van der Waals surface area (Å²) < 4.78 is 30.4. The van der Waals surface area contributed by atoms with Crippen molar-refractivity contribution in [1.29, 1.82) is 5.26 Å². The third-order valence-electron chi connectivity index (χ3n) is 6.44. The Labute approximate surface area is 243 Å². The number of hydrogen-bond acceptors (Lipinski definition) is 4. The number of nitriles is 1. The molecule has 0 spiro atoms. The Kier molecular flexibility index (Phi) is 8.40. The van der Waals surface area contributed by atoms with E-state index in [0.717, 1.165) is 28.2 Å². The van der Waals surface area contributed by atoms with E-state index in [-0.39, 0.29) is 10.5 Å². The summed E-state index contributed by atoms with van der Waals surface area (Å²) in [5.74, 6) is -0.619. The highest BCUT2D eigenvalue weighted by atomic mass is 35.5. The quantitative estimate of drug-likeness (QED) is 0.173. The zero-order chi connectivity index (χ0) is 29.2. The maximum Gasteiger partial charge on any atom is 0.266 e. The Bertz CT molecular complexity index is 1780. The number of nitrogens with zero attached hydrogens (tertiary/aromatic N) is 2. The highest BCUT2D eigenvalue weighted by Gasteiger charge is 2.18. The lowest BCUT2D eigenvalue weighted by Gasteiger charge is -2.13. The van der Waals surface area contributed by atoms with Gasteiger partial charge in [0.2, 0.25) is 0 Å². The smallest absolute Gasteiger partial charge is 0.266 e. The normalized spacial score (nSPS) is 11.7. The Morgan fingerprint density at radius 1 is 0.925 bits per heavy atom. The van der Waals surface area contributed by atoms with Crippen LogP contribution in [0, 0.1) is 39.0 Å². The molecule has 0 radical (unpaired) electrons. The van der Waals surface area contributed by atoms with Crippen molar-refractivity contribution in [3.8, 4) is 11.8 Å². The van der Waals surface area contributed by atoms with Crippen molar-refractivity contribution in [2.45, 2.75) is 32.6 Å². The van der Waals surface area contributed by atoms with Crippen LogP contribution >= 0.6 is 23.2 Å². The first-order valence-electron chi connectivity index (χ1n) is 12.2. The number of amides is 1. The van der Waals surface area contributed by atoms with Crippen molar-refractivity contribution >= 4 is 56.6 Å². The zero-order valence-corrected chi connectivity index (χ0v) is 24.5. The van der Waals surface area contributed by atoms with E-state index in [2.05, 4.69) is 10.0 Å². The molecular weight excluding hydrogens is 567 g/mol. The molecule has 3 aromatic carbocycles. The molecule has 0 aliphatic carbocycles. The van der Waals surface area contributed by atoms with E-state index >= 15 is 0 Å². The molecule has 4 rings (SSSR count). The van der Waals surface area contributed by atoms with Gasteiger partial charge in [0.1, 0.15) is 11.6 Å². The van der Waals surface area contributed by atoms with Crippen LogP contribution in [-0.4, -0.2) is 18.9 Å². The molecular formula is C30H26Cl2N4O3S. The minimum absolute atomic E-state index is 0.0407. The molecule has 4 aromatic rings. The number of benzene rings is 3. The zero-order valence-electron chi connectivity index (χ0n) is 22.2. The van der Waals surface area contributed by atoms with E-state index in [1.807, 2.05) is 68.7 Å². The maximum absolute atomic E-state index is 12.9. The summed E-state index contributed by atoms with van der Waals surface area (Å²) >= 11 is 12.2. The Morgan fingerprint density at radius 2 is 1.57 bits per heavy atom. The Hall–Kier alpha value is -4.03. The molecule has 204 valence electrons.